The highest BCUT2D eigenvalue weighted by molar-refractivity contribution is 5.63. The van der Waals surface area contributed by atoms with Crippen LogP contribution in [-0.4, -0.2) is 105 Å². The van der Waals surface area contributed by atoms with E-state index in [1.54, 1.807) is 42.7 Å². The minimum absolute atomic E-state index is 0.608. The molecule has 0 amide bonds. The number of nitrogens with one attached hydrogen (secondary N) is 2. The second kappa shape index (κ2) is 16.0. The third kappa shape index (κ3) is 8.63. The smallest absolute Gasteiger partial charge is 0.203 e. The van der Waals surface area contributed by atoms with Gasteiger partial charge in [0.2, 0.25) is 11.5 Å². The van der Waals surface area contributed by atoms with Crippen LogP contribution in [0.25, 0.3) is 0 Å². The highest BCUT2D eigenvalue weighted by Crippen LogP contribution is 2.40. The molecule has 1 saturated heterocycles. The van der Waals surface area contributed by atoms with E-state index in [1.165, 1.54) is 6.42 Å². The van der Waals surface area contributed by atoms with E-state index in [1.807, 2.05) is 24.3 Å². The maximum atomic E-state index is 5.45. The van der Waals surface area contributed by atoms with Gasteiger partial charge in [0.25, 0.3) is 0 Å². The van der Waals surface area contributed by atoms with Crippen molar-refractivity contribution >= 4 is 11.4 Å². The molecule has 0 spiro atoms. The van der Waals surface area contributed by atoms with Crippen molar-refractivity contribution in [2.24, 2.45) is 0 Å². The number of hydrogen-bond donors (Lipinski definition) is 2. The summed E-state index contributed by atoms with van der Waals surface area (Å²) in [6.07, 6.45) is 3.32. The quantitative estimate of drug-likeness (QED) is 0.301. The zero-order chi connectivity index (χ0) is 28.0. The van der Waals surface area contributed by atoms with Gasteiger partial charge >= 0.3 is 0 Å². The highest BCUT2D eigenvalue weighted by Gasteiger charge is 2.16. The molecular formula is C29H46N4O6. The van der Waals surface area contributed by atoms with E-state index in [9.17, 15) is 0 Å². The first kappa shape index (κ1) is 30.3. The number of anilines is 2. The highest BCUT2D eigenvalue weighted by atomic mass is 16.5. The molecule has 1 fully saturated rings. The van der Waals surface area contributed by atoms with Gasteiger partial charge in [-0.1, -0.05) is 0 Å². The Kier molecular flexibility index (Phi) is 12.4. The maximum Gasteiger partial charge on any atom is 0.203 e. The van der Waals surface area contributed by atoms with E-state index in [0.29, 0.717) is 34.5 Å². The van der Waals surface area contributed by atoms with Crippen molar-refractivity contribution in [2.45, 2.75) is 19.3 Å². The van der Waals surface area contributed by atoms with E-state index in [2.05, 4.69) is 20.4 Å². The summed E-state index contributed by atoms with van der Waals surface area (Å²) in [5.74, 6) is 3.85. The fourth-order valence-corrected chi connectivity index (χ4v) is 4.91. The molecule has 0 bridgehead atoms. The minimum atomic E-state index is 0.608. The Morgan fingerprint density at radius 3 is 1.21 bits per heavy atom. The Hall–Kier alpha value is -3.24. The van der Waals surface area contributed by atoms with Gasteiger partial charge in [0, 0.05) is 61.8 Å². The number of ether oxygens (including phenoxy) is 6. The van der Waals surface area contributed by atoms with Gasteiger partial charge in [0.05, 0.1) is 42.7 Å². The average molecular weight is 547 g/mol. The van der Waals surface area contributed by atoms with Gasteiger partial charge in [-0.3, -0.25) is 0 Å². The second-order valence-corrected chi connectivity index (χ2v) is 9.43. The zero-order valence-corrected chi connectivity index (χ0v) is 24.4. The molecule has 10 nitrogen and oxygen atoms in total. The van der Waals surface area contributed by atoms with Gasteiger partial charge in [-0.25, -0.2) is 0 Å². The van der Waals surface area contributed by atoms with E-state index < -0.39 is 0 Å². The molecule has 1 heterocycles. The molecule has 0 atom stereocenters. The number of methoxy groups -OCH3 is 6. The molecular weight excluding hydrogens is 500 g/mol. The lowest BCUT2D eigenvalue weighted by Crippen LogP contribution is -2.33. The minimum Gasteiger partial charge on any atom is -0.493 e. The number of rotatable bonds is 16. The predicted molar refractivity (Wildman–Crippen MR) is 156 cm³/mol. The van der Waals surface area contributed by atoms with Gasteiger partial charge in [-0.2, -0.15) is 0 Å². The third-order valence-corrected chi connectivity index (χ3v) is 6.97. The van der Waals surface area contributed by atoms with Crippen LogP contribution in [-0.2, 0) is 0 Å². The maximum absolute atomic E-state index is 5.45. The molecule has 2 N–H and O–H groups in total. The Morgan fingerprint density at radius 1 is 0.538 bits per heavy atom. The first-order chi connectivity index (χ1) is 19.1. The van der Waals surface area contributed by atoms with E-state index in [-0.39, 0.29) is 0 Å². The van der Waals surface area contributed by atoms with Crippen LogP contribution in [0, 0.1) is 0 Å². The van der Waals surface area contributed by atoms with Crippen LogP contribution < -0.4 is 39.1 Å². The molecule has 39 heavy (non-hydrogen) atoms. The van der Waals surface area contributed by atoms with Crippen molar-refractivity contribution in [2.75, 3.05) is 106 Å². The molecule has 3 rings (SSSR count). The molecule has 0 unspecified atom stereocenters. The third-order valence-electron chi connectivity index (χ3n) is 6.97. The van der Waals surface area contributed by atoms with E-state index in [0.717, 1.165) is 76.6 Å². The second-order valence-electron chi connectivity index (χ2n) is 9.43. The lowest BCUT2D eigenvalue weighted by atomic mass is 10.2. The topological polar surface area (TPSA) is 85.9 Å². The van der Waals surface area contributed by atoms with Crippen molar-refractivity contribution in [1.82, 2.24) is 9.80 Å². The van der Waals surface area contributed by atoms with Crippen molar-refractivity contribution in [3.63, 3.8) is 0 Å². The van der Waals surface area contributed by atoms with Gasteiger partial charge in [0.15, 0.2) is 23.0 Å². The fourth-order valence-electron chi connectivity index (χ4n) is 4.91. The largest absolute Gasteiger partial charge is 0.493 e. The van der Waals surface area contributed by atoms with Gasteiger partial charge in [-0.15, -0.1) is 0 Å². The lowest BCUT2D eigenvalue weighted by Gasteiger charge is -2.22. The molecule has 2 aromatic rings. The normalized spacial score (nSPS) is 14.3. The van der Waals surface area contributed by atoms with E-state index >= 15 is 0 Å². The van der Waals surface area contributed by atoms with Crippen LogP contribution in [0.2, 0.25) is 0 Å². The summed E-state index contributed by atoms with van der Waals surface area (Å²) in [4.78, 5) is 5.15. The van der Waals surface area contributed by atoms with Gasteiger partial charge in [0.1, 0.15) is 0 Å². The molecule has 1 aliphatic rings. The van der Waals surface area contributed by atoms with Crippen LogP contribution in [0.4, 0.5) is 11.4 Å². The summed E-state index contributed by atoms with van der Waals surface area (Å²) in [5.41, 5.74) is 1.93. The molecule has 0 aliphatic carbocycles. The van der Waals surface area contributed by atoms with Gasteiger partial charge < -0.3 is 48.9 Å². The Morgan fingerprint density at radius 2 is 0.897 bits per heavy atom. The van der Waals surface area contributed by atoms with Crippen molar-refractivity contribution in [3.8, 4) is 34.5 Å². The van der Waals surface area contributed by atoms with Crippen LogP contribution in [0.15, 0.2) is 24.3 Å². The molecule has 0 aromatic heterocycles. The fraction of sp³-hybridized carbons (Fsp3) is 0.586. The summed E-state index contributed by atoms with van der Waals surface area (Å²) in [5, 5.41) is 6.99. The predicted octanol–water partition coefficient (Wildman–Crippen LogP) is 4.05. The van der Waals surface area contributed by atoms with Crippen LogP contribution in [0.1, 0.15) is 19.3 Å². The van der Waals surface area contributed by atoms with Crippen LogP contribution in [0.5, 0.6) is 34.5 Å². The monoisotopic (exact) mass is 546 g/mol. The Labute approximate surface area is 233 Å². The molecule has 0 radical (unpaired) electrons. The molecule has 218 valence electrons. The summed E-state index contributed by atoms with van der Waals surface area (Å²) >= 11 is 0. The Balaban J connectivity index is 1.36. The molecule has 10 heteroatoms. The van der Waals surface area contributed by atoms with Crippen molar-refractivity contribution < 1.29 is 28.4 Å². The zero-order valence-electron chi connectivity index (χ0n) is 24.4. The molecule has 2 aromatic carbocycles. The van der Waals surface area contributed by atoms with Crippen molar-refractivity contribution in [1.29, 1.82) is 0 Å². The number of nitrogens with zero attached hydrogens (tertiary/aromatic N) is 2. The Bertz CT molecular complexity index is 892. The first-order valence-electron chi connectivity index (χ1n) is 13.6. The molecule has 1 aliphatic heterocycles. The summed E-state index contributed by atoms with van der Waals surface area (Å²) in [6, 6.07) is 7.78. The van der Waals surface area contributed by atoms with Crippen molar-refractivity contribution in [3.05, 3.63) is 24.3 Å². The standard InChI is InChI=1S/C29H46N4O6/c1-34-24-18-22(19-25(35-2)28(24)38-5)30-10-7-12-32-14-9-15-33(17-16-32)13-8-11-31-23-20-26(36-3)29(39-6)27(21-23)37-4/h18-21,30-31H,7-17H2,1-6H3. The lowest BCUT2D eigenvalue weighted by molar-refractivity contribution is 0.255. The molecule has 0 saturated carbocycles. The summed E-state index contributed by atoms with van der Waals surface area (Å²) < 4.78 is 32.6. The van der Waals surface area contributed by atoms with E-state index in [4.69, 9.17) is 28.4 Å². The van der Waals surface area contributed by atoms with Gasteiger partial charge in [-0.05, 0) is 45.4 Å². The summed E-state index contributed by atoms with van der Waals surface area (Å²) in [7, 11) is 9.77. The average Bonchev–Trinajstić information content (AvgIpc) is 3.21. The summed E-state index contributed by atoms with van der Waals surface area (Å²) in [6.45, 7) is 8.41. The number of hydrogen-bond acceptors (Lipinski definition) is 10. The first-order valence-corrected chi connectivity index (χ1v) is 13.6. The SMILES string of the molecule is COc1cc(NCCCN2CCCN(CCCNc3cc(OC)c(OC)c(OC)c3)CC2)cc(OC)c1OC. The van der Waals surface area contributed by atoms with Crippen LogP contribution >= 0.6 is 0 Å². The van der Waals surface area contributed by atoms with Crippen LogP contribution in [0.3, 0.4) is 0 Å². The number of benzene rings is 2.